The molecule has 0 unspecified atom stereocenters. The van der Waals surface area contributed by atoms with Crippen molar-refractivity contribution in [1.82, 2.24) is 10.2 Å². The summed E-state index contributed by atoms with van der Waals surface area (Å²) in [7, 11) is 0. The van der Waals surface area contributed by atoms with E-state index >= 15 is 0 Å². The molecule has 0 aliphatic carbocycles. The Labute approximate surface area is 180 Å². The second-order valence-electron chi connectivity index (χ2n) is 6.90. The van der Waals surface area contributed by atoms with E-state index in [1.54, 1.807) is 37.3 Å². The van der Waals surface area contributed by atoms with Crippen LogP contribution in [0.1, 0.15) is 31.9 Å². The molecule has 2 aromatic rings. The topological polar surface area (TPSA) is 49.4 Å². The van der Waals surface area contributed by atoms with Gasteiger partial charge in [0.15, 0.2) is 0 Å². The number of hydrogen-bond acceptors (Lipinski definition) is 2. The monoisotopic (exact) mass is 440 g/mol. The number of rotatable bonds is 7. The quantitative estimate of drug-likeness (QED) is 0.647. The SMILES string of the molecule is CC(C)NC(=O)[C@H](C)N(Cc1cccc(Cl)c1)C(=O)Cc1ccc(Cl)cc1Cl. The molecule has 0 radical (unpaired) electrons. The summed E-state index contributed by atoms with van der Waals surface area (Å²) >= 11 is 18.2. The molecule has 28 heavy (non-hydrogen) atoms. The van der Waals surface area contributed by atoms with Crippen LogP contribution in [0.4, 0.5) is 0 Å². The lowest BCUT2D eigenvalue weighted by molar-refractivity contribution is -0.140. The molecule has 0 saturated heterocycles. The van der Waals surface area contributed by atoms with Crippen molar-refractivity contribution >= 4 is 46.6 Å². The van der Waals surface area contributed by atoms with Gasteiger partial charge in [0.05, 0.1) is 6.42 Å². The van der Waals surface area contributed by atoms with Crippen molar-refractivity contribution < 1.29 is 9.59 Å². The largest absolute Gasteiger partial charge is 0.352 e. The Kier molecular flexibility index (Phi) is 8.17. The van der Waals surface area contributed by atoms with Crippen LogP contribution in [0.3, 0.4) is 0 Å². The summed E-state index contributed by atoms with van der Waals surface area (Å²) < 4.78 is 0. The summed E-state index contributed by atoms with van der Waals surface area (Å²) in [5.41, 5.74) is 1.50. The number of carbonyl (C=O) groups excluding carboxylic acids is 2. The van der Waals surface area contributed by atoms with Gasteiger partial charge in [-0.15, -0.1) is 0 Å². The van der Waals surface area contributed by atoms with E-state index in [9.17, 15) is 9.59 Å². The van der Waals surface area contributed by atoms with Gasteiger partial charge in [0.2, 0.25) is 11.8 Å². The van der Waals surface area contributed by atoms with E-state index in [-0.39, 0.29) is 30.8 Å². The van der Waals surface area contributed by atoms with Gasteiger partial charge in [-0.05, 0) is 56.2 Å². The van der Waals surface area contributed by atoms with Gasteiger partial charge in [-0.25, -0.2) is 0 Å². The number of hydrogen-bond donors (Lipinski definition) is 1. The van der Waals surface area contributed by atoms with Gasteiger partial charge in [-0.3, -0.25) is 9.59 Å². The minimum Gasteiger partial charge on any atom is -0.352 e. The molecule has 7 heteroatoms. The van der Waals surface area contributed by atoms with Crippen LogP contribution in [0.15, 0.2) is 42.5 Å². The van der Waals surface area contributed by atoms with Gasteiger partial charge in [0.1, 0.15) is 6.04 Å². The molecule has 1 atom stereocenters. The Morgan fingerprint density at radius 1 is 1.00 bits per heavy atom. The van der Waals surface area contributed by atoms with Crippen LogP contribution < -0.4 is 5.32 Å². The predicted molar refractivity (Wildman–Crippen MR) is 115 cm³/mol. The fraction of sp³-hybridized carbons (Fsp3) is 0.333. The third kappa shape index (κ3) is 6.40. The maximum Gasteiger partial charge on any atom is 0.242 e. The second-order valence-corrected chi connectivity index (χ2v) is 8.18. The minimum atomic E-state index is -0.653. The predicted octanol–water partition coefficient (Wildman–Crippen LogP) is 5.13. The van der Waals surface area contributed by atoms with Gasteiger partial charge in [-0.2, -0.15) is 0 Å². The van der Waals surface area contributed by atoms with Gasteiger partial charge < -0.3 is 10.2 Å². The fourth-order valence-electron chi connectivity index (χ4n) is 2.75. The molecule has 0 heterocycles. The van der Waals surface area contributed by atoms with Crippen molar-refractivity contribution in [3.8, 4) is 0 Å². The van der Waals surface area contributed by atoms with Crippen LogP contribution in [0.5, 0.6) is 0 Å². The summed E-state index contributed by atoms with van der Waals surface area (Å²) in [4.78, 5) is 27.2. The molecular weight excluding hydrogens is 419 g/mol. The van der Waals surface area contributed by atoms with E-state index in [0.29, 0.717) is 20.6 Å². The second kappa shape index (κ2) is 10.1. The van der Waals surface area contributed by atoms with E-state index in [1.165, 1.54) is 4.90 Å². The minimum absolute atomic E-state index is 0.0243. The van der Waals surface area contributed by atoms with Gasteiger partial charge >= 0.3 is 0 Å². The molecule has 4 nitrogen and oxygen atoms in total. The standard InChI is InChI=1S/C21H23Cl3N2O2/c1-13(2)25-21(28)14(3)26(12-15-5-4-6-17(22)9-15)20(27)10-16-7-8-18(23)11-19(16)24/h4-9,11,13-14H,10,12H2,1-3H3,(H,25,28)/t14-/m0/s1. The van der Waals surface area contributed by atoms with Crippen LogP contribution >= 0.6 is 34.8 Å². The molecule has 0 saturated carbocycles. The maximum atomic E-state index is 13.1. The van der Waals surface area contributed by atoms with Crippen molar-refractivity contribution in [3.63, 3.8) is 0 Å². The smallest absolute Gasteiger partial charge is 0.242 e. The van der Waals surface area contributed by atoms with Crippen LogP contribution in [0.25, 0.3) is 0 Å². The first-order valence-corrected chi connectivity index (χ1v) is 10.1. The summed E-state index contributed by atoms with van der Waals surface area (Å²) in [6, 6.07) is 11.6. The molecular formula is C21H23Cl3N2O2. The summed E-state index contributed by atoms with van der Waals surface area (Å²) in [5, 5.41) is 4.35. The van der Waals surface area contributed by atoms with Crippen LogP contribution in [0, 0.1) is 0 Å². The first-order valence-electron chi connectivity index (χ1n) is 8.95. The molecule has 150 valence electrons. The molecule has 0 bridgehead atoms. The molecule has 2 amide bonds. The van der Waals surface area contributed by atoms with Crippen LogP contribution in [-0.2, 0) is 22.6 Å². The van der Waals surface area contributed by atoms with Gasteiger partial charge in [-0.1, -0.05) is 53.0 Å². The number of halogens is 3. The number of amides is 2. The zero-order valence-corrected chi connectivity index (χ0v) is 18.3. The lowest BCUT2D eigenvalue weighted by atomic mass is 10.1. The number of nitrogens with zero attached hydrogens (tertiary/aromatic N) is 1. The third-order valence-corrected chi connectivity index (χ3v) is 5.02. The first-order chi connectivity index (χ1) is 13.2. The Hall–Kier alpha value is -1.75. The average molecular weight is 442 g/mol. The first kappa shape index (κ1) is 22.5. The third-order valence-electron chi connectivity index (χ3n) is 4.20. The normalized spacial score (nSPS) is 12.0. The molecule has 0 fully saturated rings. The Morgan fingerprint density at radius 2 is 1.68 bits per heavy atom. The van der Waals surface area contributed by atoms with Crippen molar-refractivity contribution in [2.75, 3.05) is 0 Å². The van der Waals surface area contributed by atoms with E-state index in [0.717, 1.165) is 5.56 Å². The van der Waals surface area contributed by atoms with Crippen LogP contribution in [0.2, 0.25) is 15.1 Å². The van der Waals surface area contributed by atoms with Gasteiger partial charge in [0, 0.05) is 27.7 Å². The van der Waals surface area contributed by atoms with Crippen molar-refractivity contribution in [2.24, 2.45) is 0 Å². The molecule has 2 rings (SSSR count). The summed E-state index contributed by atoms with van der Waals surface area (Å²) in [6.45, 7) is 5.73. The van der Waals surface area contributed by atoms with Crippen molar-refractivity contribution in [2.45, 2.75) is 45.8 Å². The molecule has 1 N–H and O–H groups in total. The summed E-state index contributed by atoms with van der Waals surface area (Å²) in [6.07, 6.45) is 0.0653. The molecule has 2 aromatic carbocycles. The van der Waals surface area contributed by atoms with E-state index in [2.05, 4.69) is 5.32 Å². The fourth-order valence-corrected chi connectivity index (χ4v) is 3.44. The highest BCUT2D eigenvalue weighted by molar-refractivity contribution is 6.35. The van der Waals surface area contributed by atoms with E-state index in [1.807, 2.05) is 26.0 Å². The highest BCUT2D eigenvalue weighted by Gasteiger charge is 2.27. The maximum absolute atomic E-state index is 13.1. The highest BCUT2D eigenvalue weighted by Crippen LogP contribution is 2.23. The lowest BCUT2D eigenvalue weighted by Crippen LogP contribution is -2.49. The van der Waals surface area contributed by atoms with E-state index < -0.39 is 6.04 Å². The lowest BCUT2D eigenvalue weighted by Gasteiger charge is -2.29. The van der Waals surface area contributed by atoms with E-state index in [4.69, 9.17) is 34.8 Å². The van der Waals surface area contributed by atoms with Gasteiger partial charge in [0.25, 0.3) is 0 Å². The number of carbonyl (C=O) groups is 2. The number of benzene rings is 2. The Bertz CT molecular complexity index is 855. The molecule has 0 aliphatic heterocycles. The molecule has 0 aliphatic rings. The zero-order chi connectivity index (χ0) is 20.8. The molecule has 0 spiro atoms. The molecule has 0 aromatic heterocycles. The van der Waals surface area contributed by atoms with Crippen molar-refractivity contribution in [1.29, 1.82) is 0 Å². The Balaban J connectivity index is 2.27. The zero-order valence-electron chi connectivity index (χ0n) is 16.0. The number of nitrogens with one attached hydrogen (secondary N) is 1. The average Bonchev–Trinajstić information content (AvgIpc) is 2.61. The highest BCUT2D eigenvalue weighted by atomic mass is 35.5. The van der Waals surface area contributed by atoms with Crippen LogP contribution in [-0.4, -0.2) is 28.8 Å². The van der Waals surface area contributed by atoms with Crippen molar-refractivity contribution in [3.05, 3.63) is 68.7 Å². The summed E-state index contributed by atoms with van der Waals surface area (Å²) in [5.74, 6) is -0.428. The Morgan fingerprint density at radius 3 is 2.29 bits per heavy atom.